The molecule has 4 nitrogen and oxygen atoms in total. The summed E-state index contributed by atoms with van der Waals surface area (Å²) < 4.78 is 0. The first-order valence-corrected chi connectivity index (χ1v) is 5.55. The number of benzene rings is 1. The van der Waals surface area contributed by atoms with E-state index in [1.54, 1.807) is 18.2 Å². The number of carboxylic acids is 1. The fourth-order valence-corrected chi connectivity index (χ4v) is 1.91. The lowest BCUT2D eigenvalue weighted by atomic mass is 10.1. The molecule has 0 aliphatic heterocycles. The van der Waals surface area contributed by atoms with Gasteiger partial charge in [0.25, 0.3) is 0 Å². The van der Waals surface area contributed by atoms with Gasteiger partial charge in [-0.1, -0.05) is 26.0 Å². The van der Waals surface area contributed by atoms with Crippen LogP contribution in [0, 0.1) is 11.3 Å². The Morgan fingerprint density at radius 1 is 1.35 bits per heavy atom. The molecule has 1 aliphatic carbocycles. The van der Waals surface area contributed by atoms with Crippen LogP contribution in [-0.2, 0) is 4.79 Å². The maximum absolute atomic E-state index is 11.9. The molecule has 0 bridgehead atoms. The van der Waals surface area contributed by atoms with Crippen LogP contribution in [-0.4, -0.2) is 17.0 Å². The molecule has 1 fully saturated rings. The topological polar surface area (TPSA) is 66.4 Å². The van der Waals surface area contributed by atoms with Gasteiger partial charge in [0.1, 0.15) is 0 Å². The lowest BCUT2D eigenvalue weighted by Gasteiger charge is -2.09. The van der Waals surface area contributed by atoms with Gasteiger partial charge in [-0.15, -0.1) is 0 Å². The first kappa shape index (κ1) is 11.6. The van der Waals surface area contributed by atoms with E-state index in [1.807, 2.05) is 13.8 Å². The zero-order valence-electron chi connectivity index (χ0n) is 9.86. The highest BCUT2D eigenvalue weighted by Crippen LogP contribution is 2.52. The molecule has 1 atom stereocenters. The molecule has 0 saturated heterocycles. The van der Waals surface area contributed by atoms with Crippen molar-refractivity contribution in [2.24, 2.45) is 11.3 Å². The van der Waals surface area contributed by atoms with Gasteiger partial charge in [0.2, 0.25) is 5.91 Å². The average molecular weight is 233 g/mol. The molecule has 0 radical (unpaired) electrons. The summed E-state index contributed by atoms with van der Waals surface area (Å²) in [5.74, 6) is -1.14. The summed E-state index contributed by atoms with van der Waals surface area (Å²) in [5, 5.41) is 11.7. The second kappa shape index (κ2) is 3.87. The van der Waals surface area contributed by atoms with Crippen LogP contribution in [0.1, 0.15) is 30.6 Å². The number of amides is 1. The molecule has 90 valence electrons. The number of anilines is 1. The Balaban J connectivity index is 2.14. The highest BCUT2D eigenvalue weighted by atomic mass is 16.4. The molecule has 0 aromatic heterocycles. The fraction of sp³-hybridized carbons (Fsp3) is 0.385. The SMILES string of the molecule is CC1(C)CC1C(=O)Nc1ccccc1C(=O)O. The van der Waals surface area contributed by atoms with Crippen molar-refractivity contribution in [2.45, 2.75) is 20.3 Å². The van der Waals surface area contributed by atoms with Crippen LogP contribution in [0.3, 0.4) is 0 Å². The number of carbonyl (C=O) groups is 2. The summed E-state index contributed by atoms with van der Waals surface area (Å²) in [6.07, 6.45) is 0.855. The van der Waals surface area contributed by atoms with Gasteiger partial charge in [-0.2, -0.15) is 0 Å². The monoisotopic (exact) mass is 233 g/mol. The van der Waals surface area contributed by atoms with Crippen LogP contribution in [0.2, 0.25) is 0 Å². The third-order valence-corrected chi connectivity index (χ3v) is 3.25. The number of para-hydroxylation sites is 1. The number of carbonyl (C=O) groups excluding carboxylic acids is 1. The molecule has 1 saturated carbocycles. The molecular formula is C13H15NO3. The van der Waals surface area contributed by atoms with Crippen LogP contribution in [0.4, 0.5) is 5.69 Å². The summed E-state index contributed by atoms with van der Waals surface area (Å²) in [6, 6.07) is 6.44. The fourth-order valence-electron chi connectivity index (χ4n) is 1.91. The van der Waals surface area contributed by atoms with Crippen LogP contribution < -0.4 is 5.32 Å². The molecule has 1 aliphatic rings. The summed E-state index contributed by atoms with van der Waals surface area (Å²) in [4.78, 5) is 22.8. The Hall–Kier alpha value is -1.84. The van der Waals surface area contributed by atoms with Crippen LogP contribution in [0.15, 0.2) is 24.3 Å². The molecule has 17 heavy (non-hydrogen) atoms. The number of nitrogens with one attached hydrogen (secondary N) is 1. The van der Waals surface area contributed by atoms with E-state index in [1.165, 1.54) is 6.07 Å². The standard InChI is InChI=1S/C13H15NO3/c1-13(2)7-9(13)11(15)14-10-6-4-3-5-8(10)12(16)17/h3-6,9H,7H2,1-2H3,(H,14,15)(H,16,17). The second-order valence-corrected chi connectivity index (χ2v) is 5.09. The first-order valence-electron chi connectivity index (χ1n) is 5.55. The maximum atomic E-state index is 11.9. The van der Waals surface area contributed by atoms with Gasteiger partial charge >= 0.3 is 5.97 Å². The molecule has 1 unspecified atom stereocenters. The van der Waals surface area contributed by atoms with Crippen molar-refractivity contribution in [3.63, 3.8) is 0 Å². The van der Waals surface area contributed by atoms with Crippen molar-refractivity contribution in [1.82, 2.24) is 0 Å². The second-order valence-electron chi connectivity index (χ2n) is 5.09. The van der Waals surface area contributed by atoms with Gasteiger partial charge in [-0.05, 0) is 24.0 Å². The predicted octanol–water partition coefficient (Wildman–Crippen LogP) is 2.37. The largest absolute Gasteiger partial charge is 0.478 e. The van der Waals surface area contributed by atoms with Gasteiger partial charge in [-0.3, -0.25) is 4.79 Å². The van der Waals surface area contributed by atoms with E-state index in [0.29, 0.717) is 5.69 Å². The number of rotatable bonds is 3. The number of aromatic carboxylic acids is 1. The molecule has 4 heteroatoms. The summed E-state index contributed by atoms with van der Waals surface area (Å²) in [6.45, 7) is 4.06. The van der Waals surface area contributed by atoms with Crippen molar-refractivity contribution in [1.29, 1.82) is 0 Å². The summed E-state index contributed by atoms with van der Waals surface area (Å²) >= 11 is 0. The maximum Gasteiger partial charge on any atom is 0.337 e. The van der Waals surface area contributed by atoms with Crippen molar-refractivity contribution in [3.05, 3.63) is 29.8 Å². The van der Waals surface area contributed by atoms with E-state index in [4.69, 9.17) is 5.11 Å². The molecule has 1 amide bonds. The van der Waals surface area contributed by atoms with E-state index in [2.05, 4.69) is 5.32 Å². The zero-order chi connectivity index (χ0) is 12.6. The Bertz CT molecular complexity index is 479. The van der Waals surface area contributed by atoms with Gasteiger partial charge in [0.15, 0.2) is 0 Å². The average Bonchev–Trinajstić information content (AvgIpc) is 2.88. The van der Waals surface area contributed by atoms with Crippen molar-refractivity contribution in [3.8, 4) is 0 Å². The Labute approximate surface area is 99.6 Å². The van der Waals surface area contributed by atoms with Crippen molar-refractivity contribution < 1.29 is 14.7 Å². The lowest BCUT2D eigenvalue weighted by molar-refractivity contribution is -0.118. The molecule has 1 aromatic rings. The van der Waals surface area contributed by atoms with Gasteiger partial charge < -0.3 is 10.4 Å². The molecule has 2 rings (SSSR count). The molecular weight excluding hydrogens is 218 g/mol. The molecule has 1 aromatic carbocycles. The lowest BCUT2D eigenvalue weighted by Crippen LogP contribution is -2.18. The number of hydrogen-bond acceptors (Lipinski definition) is 2. The zero-order valence-corrected chi connectivity index (χ0v) is 9.86. The third kappa shape index (κ3) is 2.30. The number of hydrogen-bond donors (Lipinski definition) is 2. The normalized spacial score (nSPS) is 20.7. The Morgan fingerprint density at radius 3 is 2.47 bits per heavy atom. The van der Waals surface area contributed by atoms with Gasteiger partial charge in [0.05, 0.1) is 11.3 Å². The smallest absolute Gasteiger partial charge is 0.337 e. The van der Waals surface area contributed by atoms with E-state index >= 15 is 0 Å². The van der Waals surface area contributed by atoms with Crippen LogP contribution in [0.5, 0.6) is 0 Å². The van der Waals surface area contributed by atoms with Crippen LogP contribution in [0.25, 0.3) is 0 Å². The third-order valence-electron chi connectivity index (χ3n) is 3.25. The molecule has 2 N–H and O–H groups in total. The minimum absolute atomic E-state index is 0.00986. The predicted molar refractivity (Wildman–Crippen MR) is 63.9 cm³/mol. The van der Waals surface area contributed by atoms with E-state index in [0.717, 1.165) is 6.42 Å². The van der Waals surface area contributed by atoms with Gasteiger partial charge in [-0.25, -0.2) is 4.79 Å². The quantitative estimate of drug-likeness (QED) is 0.842. The summed E-state index contributed by atoms with van der Waals surface area (Å²) in [7, 11) is 0. The van der Waals surface area contributed by atoms with E-state index < -0.39 is 5.97 Å². The Kier molecular flexibility index (Phi) is 2.65. The Morgan fingerprint density at radius 2 is 1.94 bits per heavy atom. The highest BCUT2D eigenvalue weighted by Gasteiger charge is 2.50. The van der Waals surface area contributed by atoms with Crippen LogP contribution >= 0.6 is 0 Å². The first-order chi connectivity index (χ1) is 7.92. The van der Waals surface area contributed by atoms with Crippen molar-refractivity contribution in [2.75, 3.05) is 5.32 Å². The molecule has 0 spiro atoms. The van der Waals surface area contributed by atoms with Gasteiger partial charge in [0, 0.05) is 5.92 Å². The van der Waals surface area contributed by atoms with E-state index in [9.17, 15) is 9.59 Å². The molecule has 0 heterocycles. The van der Waals surface area contributed by atoms with E-state index in [-0.39, 0.29) is 22.8 Å². The highest BCUT2D eigenvalue weighted by molar-refractivity contribution is 6.02. The van der Waals surface area contributed by atoms with Crippen molar-refractivity contribution >= 4 is 17.6 Å². The number of carboxylic acid groups (broad SMARTS) is 1. The summed E-state index contributed by atoms with van der Waals surface area (Å²) in [5.41, 5.74) is 0.536. The minimum Gasteiger partial charge on any atom is -0.478 e. The minimum atomic E-state index is -1.03.